The summed E-state index contributed by atoms with van der Waals surface area (Å²) in [5.41, 5.74) is 21.8. The number of benzene rings is 7. The summed E-state index contributed by atoms with van der Waals surface area (Å²) in [6.07, 6.45) is 2.11. The maximum absolute atomic E-state index is 6.75. The van der Waals surface area contributed by atoms with Crippen molar-refractivity contribution < 1.29 is 0 Å². The van der Waals surface area contributed by atoms with Crippen molar-refractivity contribution >= 4 is 49.3 Å². The number of nitrogens with one attached hydrogen (secondary N) is 1. The van der Waals surface area contributed by atoms with Crippen LogP contribution in [-0.2, 0) is 0 Å². The minimum atomic E-state index is -0.272. The van der Waals surface area contributed by atoms with E-state index in [2.05, 4.69) is 172 Å². The largest absolute Gasteiger partial charge is 0.321 e. The van der Waals surface area contributed by atoms with E-state index in [-0.39, 0.29) is 6.04 Å². The van der Waals surface area contributed by atoms with E-state index >= 15 is 0 Å². The molecule has 3 N–H and O–H groups in total. The Morgan fingerprint density at radius 3 is 1.67 bits per heavy atom. The first-order chi connectivity index (χ1) is 24.2. The van der Waals surface area contributed by atoms with Crippen molar-refractivity contribution in [3.63, 3.8) is 0 Å². The first kappa shape index (κ1) is 28.8. The second-order valence-electron chi connectivity index (χ2n) is 12.5. The average molecular weight is 631 g/mol. The van der Waals surface area contributed by atoms with Crippen LogP contribution in [0.25, 0.3) is 66.1 Å². The maximum Gasteiger partial charge on any atom is 0.0710 e. The van der Waals surface area contributed by atoms with Crippen molar-refractivity contribution in [2.75, 3.05) is 5.43 Å². The van der Waals surface area contributed by atoms with Crippen molar-refractivity contribution in [2.45, 2.75) is 6.04 Å². The Bertz CT molecular complexity index is 2630. The first-order valence-corrected chi connectivity index (χ1v) is 16.7. The molecule has 0 spiro atoms. The number of hydrogen-bond donors (Lipinski definition) is 2. The van der Waals surface area contributed by atoms with Crippen LogP contribution in [0.3, 0.4) is 0 Å². The number of aromatic nitrogens is 2. The van der Waals surface area contributed by atoms with Gasteiger partial charge in [-0.2, -0.15) is 0 Å². The SMILES string of the molecule is NC(/C=C(\Nn1c2ccccc2c2cc(-c3ccc4c(c3)c3ccccc3n4-c3ccccc3)ccc21)c1ccccc1)c1ccccc1. The molecule has 49 heavy (non-hydrogen) atoms. The van der Waals surface area contributed by atoms with Gasteiger partial charge in [-0.1, -0.05) is 127 Å². The minimum Gasteiger partial charge on any atom is -0.321 e. The zero-order chi connectivity index (χ0) is 32.7. The lowest BCUT2D eigenvalue weighted by molar-refractivity contribution is 0.907. The molecule has 2 aromatic heterocycles. The fourth-order valence-corrected chi connectivity index (χ4v) is 7.17. The summed E-state index contributed by atoms with van der Waals surface area (Å²) in [5.74, 6) is 0. The fourth-order valence-electron chi connectivity index (χ4n) is 7.17. The Morgan fingerprint density at radius 1 is 0.490 bits per heavy atom. The Morgan fingerprint density at radius 2 is 0.980 bits per heavy atom. The van der Waals surface area contributed by atoms with Crippen molar-refractivity contribution in [1.82, 2.24) is 9.24 Å². The Balaban J connectivity index is 1.17. The Labute approximate surface area is 284 Å². The lowest BCUT2D eigenvalue weighted by Gasteiger charge is -2.18. The van der Waals surface area contributed by atoms with E-state index in [0.29, 0.717) is 0 Å². The van der Waals surface area contributed by atoms with Gasteiger partial charge in [-0.15, -0.1) is 0 Å². The lowest BCUT2D eigenvalue weighted by Crippen LogP contribution is -2.16. The minimum absolute atomic E-state index is 0.272. The van der Waals surface area contributed by atoms with Gasteiger partial charge >= 0.3 is 0 Å². The van der Waals surface area contributed by atoms with E-state index < -0.39 is 0 Å². The van der Waals surface area contributed by atoms with Crippen LogP contribution in [0.4, 0.5) is 0 Å². The molecule has 9 aromatic rings. The topological polar surface area (TPSA) is 47.9 Å². The van der Waals surface area contributed by atoms with E-state index in [1.807, 2.05) is 24.3 Å². The molecule has 1 unspecified atom stereocenters. The molecule has 0 fully saturated rings. The molecule has 0 bridgehead atoms. The van der Waals surface area contributed by atoms with Crippen LogP contribution in [0.5, 0.6) is 0 Å². The highest BCUT2D eigenvalue weighted by molar-refractivity contribution is 6.12. The number of fused-ring (bicyclic) bond motifs is 6. The van der Waals surface area contributed by atoms with E-state index in [4.69, 9.17) is 5.73 Å². The molecule has 0 aliphatic rings. The molecule has 0 saturated heterocycles. The first-order valence-electron chi connectivity index (χ1n) is 16.7. The summed E-state index contributed by atoms with van der Waals surface area (Å²) in [7, 11) is 0. The van der Waals surface area contributed by atoms with E-state index in [1.54, 1.807) is 0 Å². The van der Waals surface area contributed by atoms with Gasteiger partial charge in [0.2, 0.25) is 0 Å². The predicted molar refractivity (Wildman–Crippen MR) is 206 cm³/mol. The third kappa shape index (κ3) is 5.07. The number of para-hydroxylation sites is 3. The normalized spacial score (nSPS) is 12.6. The van der Waals surface area contributed by atoms with Gasteiger partial charge in [-0.3, -0.25) is 10.1 Å². The lowest BCUT2D eigenvalue weighted by atomic mass is 10.0. The van der Waals surface area contributed by atoms with Gasteiger partial charge in [-0.05, 0) is 76.9 Å². The molecule has 2 heterocycles. The second-order valence-corrected chi connectivity index (χ2v) is 12.5. The molecular formula is C45H34N4. The second kappa shape index (κ2) is 12.0. The molecule has 4 heteroatoms. The summed E-state index contributed by atoms with van der Waals surface area (Å²) >= 11 is 0. The van der Waals surface area contributed by atoms with Crippen LogP contribution < -0.4 is 11.2 Å². The van der Waals surface area contributed by atoms with Crippen LogP contribution in [0.15, 0.2) is 182 Å². The molecule has 0 radical (unpaired) electrons. The molecule has 0 aliphatic heterocycles. The quantitative estimate of drug-likeness (QED) is 0.184. The zero-order valence-electron chi connectivity index (χ0n) is 26.9. The highest BCUT2D eigenvalue weighted by Gasteiger charge is 2.16. The molecule has 1 atom stereocenters. The van der Waals surface area contributed by atoms with Crippen LogP contribution in [-0.4, -0.2) is 9.24 Å². The average Bonchev–Trinajstić information content (AvgIpc) is 3.67. The molecule has 0 saturated carbocycles. The molecular weight excluding hydrogens is 597 g/mol. The van der Waals surface area contributed by atoms with Gasteiger partial charge in [0.1, 0.15) is 0 Å². The number of hydrogen-bond acceptors (Lipinski definition) is 2. The predicted octanol–water partition coefficient (Wildman–Crippen LogP) is 10.8. The smallest absolute Gasteiger partial charge is 0.0710 e. The van der Waals surface area contributed by atoms with Crippen molar-refractivity contribution in [1.29, 1.82) is 0 Å². The van der Waals surface area contributed by atoms with Gasteiger partial charge in [0.15, 0.2) is 0 Å². The molecule has 234 valence electrons. The summed E-state index contributed by atoms with van der Waals surface area (Å²) in [4.78, 5) is 0. The Hall–Kier alpha value is -6.36. The molecule has 7 aromatic carbocycles. The summed E-state index contributed by atoms with van der Waals surface area (Å²) in [6.45, 7) is 0. The monoisotopic (exact) mass is 630 g/mol. The van der Waals surface area contributed by atoms with Crippen LogP contribution in [0.2, 0.25) is 0 Å². The van der Waals surface area contributed by atoms with Gasteiger partial charge < -0.3 is 10.3 Å². The molecule has 0 amide bonds. The van der Waals surface area contributed by atoms with Crippen LogP contribution in [0.1, 0.15) is 17.2 Å². The highest BCUT2D eigenvalue weighted by Crippen LogP contribution is 2.37. The standard InChI is InChI=1S/C45H34N4/c46-40(31-14-4-1-5-15-31)30-41(32-16-6-2-7-17-32)47-49-44-23-13-11-21-37(44)39-29-34(25-27-45(39)49)33-24-26-43-38(28-33)36-20-10-12-22-42(36)48(43)35-18-8-3-9-19-35/h1-30,40,47H,46H2/b41-30-. The number of rotatable bonds is 7. The molecule has 4 nitrogen and oxygen atoms in total. The van der Waals surface area contributed by atoms with E-state index in [1.165, 1.54) is 43.7 Å². The summed E-state index contributed by atoms with van der Waals surface area (Å²) in [5, 5.41) is 4.87. The van der Waals surface area contributed by atoms with E-state index in [9.17, 15) is 0 Å². The summed E-state index contributed by atoms with van der Waals surface area (Å²) < 4.78 is 4.56. The van der Waals surface area contributed by atoms with Gasteiger partial charge in [0.25, 0.3) is 0 Å². The molecule has 0 aliphatic carbocycles. The van der Waals surface area contributed by atoms with Crippen molar-refractivity contribution in [3.05, 3.63) is 193 Å². The maximum atomic E-state index is 6.75. The van der Waals surface area contributed by atoms with Crippen LogP contribution >= 0.6 is 0 Å². The van der Waals surface area contributed by atoms with Gasteiger partial charge in [-0.25, -0.2) is 0 Å². The van der Waals surface area contributed by atoms with Gasteiger partial charge in [0.05, 0.1) is 33.8 Å². The van der Waals surface area contributed by atoms with E-state index in [0.717, 1.165) is 33.5 Å². The molecule has 9 rings (SSSR count). The van der Waals surface area contributed by atoms with Crippen LogP contribution in [0, 0.1) is 0 Å². The number of nitrogens with zero attached hydrogens (tertiary/aromatic N) is 2. The zero-order valence-corrected chi connectivity index (χ0v) is 26.9. The van der Waals surface area contributed by atoms with Crippen molar-refractivity contribution in [2.24, 2.45) is 5.73 Å². The fraction of sp³-hybridized carbons (Fsp3) is 0.0222. The highest BCUT2D eigenvalue weighted by atomic mass is 15.4. The van der Waals surface area contributed by atoms with Gasteiger partial charge in [0, 0.05) is 27.2 Å². The number of nitrogens with two attached hydrogens (primary N) is 1. The third-order valence-electron chi connectivity index (χ3n) is 9.54. The summed E-state index contributed by atoms with van der Waals surface area (Å²) in [6, 6.07) is 61.9. The third-order valence-corrected chi connectivity index (χ3v) is 9.54. The Kier molecular flexibility index (Phi) is 7.07. The van der Waals surface area contributed by atoms with Crippen molar-refractivity contribution in [3.8, 4) is 16.8 Å².